The molecule has 128 valence electrons. The number of carboxylic acid groups (broad SMARTS) is 1. The van der Waals surface area contributed by atoms with Crippen molar-refractivity contribution in [3.8, 4) is 0 Å². The minimum Gasteiger partial charge on any atom is -0.478 e. The lowest BCUT2D eigenvalue weighted by Crippen LogP contribution is -2.28. The van der Waals surface area contributed by atoms with Crippen molar-refractivity contribution in [1.29, 1.82) is 0 Å². The Labute approximate surface area is 141 Å². The minimum absolute atomic E-state index is 0.0648. The number of carboxylic acids is 1. The molecule has 1 aromatic heterocycles. The first-order valence-electron chi connectivity index (χ1n) is 7.78. The van der Waals surface area contributed by atoms with Gasteiger partial charge in [0.25, 0.3) is 5.91 Å². The summed E-state index contributed by atoms with van der Waals surface area (Å²) < 4.78 is 1.32. The average Bonchev–Trinajstić information content (AvgIpc) is 2.89. The molecule has 0 saturated carbocycles. The molecule has 0 aliphatic heterocycles. The van der Waals surface area contributed by atoms with Crippen molar-refractivity contribution >= 4 is 11.9 Å². The number of nitrogens with zero attached hydrogens (tertiary/aromatic N) is 2. The van der Waals surface area contributed by atoms with Crippen LogP contribution in [0, 0.1) is 0 Å². The van der Waals surface area contributed by atoms with E-state index in [0.717, 1.165) is 5.56 Å². The molecule has 2 N–H and O–H groups in total. The maximum atomic E-state index is 12.3. The molecule has 0 saturated heterocycles. The highest BCUT2D eigenvalue weighted by atomic mass is 16.4. The van der Waals surface area contributed by atoms with Crippen LogP contribution in [0.5, 0.6) is 0 Å². The third-order valence-electron chi connectivity index (χ3n) is 3.90. The maximum absolute atomic E-state index is 12.3. The number of aromatic nitrogens is 2. The van der Waals surface area contributed by atoms with Gasteiger partial charge in [-0.2, -0.15) is 5.10 Å². The standard InChI is InChI=1S/C18H23N3O3/c1-11(12-6-8-13(9-7-12)18(2,3)4)19-16(22)15-14(17(23)24)10-21(5)20-15/h6-11H,1-5H3,(H,19,22)(H,23,24). The van der Waals surface area contributed by atoms with Crippen LogP contribution in [0.15, 0.2) is 30.5 Å². The molecule has 0 spiro atoms. The van der Waals surface area contributed by atoms with Crippen LogP contribution in [-0.2, 0) is 12.5 Å². The summed E-state index contributed by atoms with van der Waals surface area (Å²) in [6, 6.07) is 7.78. The Hall–Kier alpha value is -2.63. The van der Waals surface area contributed by atoms with Crippen molar-refractivity contribution in [3.63, 3.8) is 0 Å². The second kappa shape index (κ2) is 6.47. The Morgan fingerprint density at radius 3 is 2.29 bits per heavy atom. The summed E-state index contributed by atoms with van der Waals surface area (Å²) in [6.07, 6.45) is 1.32. The molecule has 1 atom stereocenters. The molecule has 6 heteroatoms. The van der Waals surface area contributed by atoms with Crippen LogP contribution >= 0.6 is 0 Å². The van der Waals surface area contributed by atoms with Gasteiger partial charge >= 0.3 is 5.97 Å². The van der Waals surface area contributed by atoms with Gasteiger partial charge in [0.05, 0.1) is 6.04 Å². The fourth-order valence-corrected chi connectivity index (χ4v) is 2.43. The fourth-order valence-electron chi connectivity index (χ4n) is 2.43. The molecule has 2 rings (SSSR count). The van der Waals surface area contributed by atoms with Crippen LogP contribution in [-0.4, -0.2) is 26.8 Å². The van der Waals surface area contributed by atoms with E-state index in [4.69, 9.17) is 5.11 Å². The van der Waals surface area contributed by atoms with E-state index < -0.39 is 11.9 Å². The zero-order valence-corrected chi connectivity index (χ0v) is 14.6. The molecular weight excluding hydrogens is 306 g/mol. The summed E-state index contributed by atoms with van der Waals surface area (Å²) in [4.78, 5) is 23.5. The Balaban J connectivity index is 2.16. The average molecular weight is 329 g/mol. The topological polar surface area (TPSA) is 84.2 Å². The van der Waals surface area contributed by atoms with Gasteiger partial charge in [0.1, 0.15) is 5.56 Å². The smallest absolute Gasteiger partial charge is 0.339 e. The molecule has 24 heavy (non-hydrogen) atoms. The Morgan fingerprint density at radius 1 is 1.21 bits per heavy atom. The van der Waals surface area contributed by atoms with Gasteiger partial charge in [0.2, 0.25) is 0 Å². The molecule has 1 unspecified atom stereocenters. The number of benzene rings is 1. The predicted molar refractivity (Wildman–Crippen MR) is 91.2 cm³/mol. The highest BCUT2D eigenvalue weighted by Crippen LogP contribution is 2.24. The van der Waals surface area contributed by atoms with Crippen molar-refractivity contribution in [3.05, 3.63) is 52.8 Å². The highest BCUT2D eigenvalue weighted by Gasteiger charge is 2.22. The third-order valence-corrected chi connectivity index (χ3v) is 3.90. The second-order valence-corrected chi connectivity index (χ2v) is 6.94. The number of aromatic carboxylic acids is 1. The van der Waals surface area contributed by atoms with E-state index in [-0.39, 0.29) is 22.7 Å². The van der Waals surface area contributed by atoms with Gasteiger partial charge in [-0.05, 0) is 23.5 Å². The van der Waals surface area contributed by atoms with E-state index in [9.17, 15) is 9.59 Å². The molecule has 1 heterocycles. The van der Waals surface area contributed by atoms with Crippen molar-refractivity contribution in [2.75, 3.05) is 0 Å². The molecular formula is C18H23N3O3. The normalized spacial score (nSPS) is 12.7. The zero-order chi connectivity index (χ0) is 18.1. The molecule has 0 bridgehead atoms. The van der Waals surface area contributed by atoms with Gasteiger partial charge in [-0.3, -0.25) is 9.48 Å². The number of hydrogen-bond acceptors (Lipinski definition) is 3. The van der Waals surface area contributed by atoms with Crippen LogP contribution < -0.4 is 5.32 Å². The Morgan fingerprint density at radius 2 is 1.79 bits per heavy atom. The predicted octanol–water partition coefficient (Wildman–Crippen LogP) is 2.91. The SMILES string of the molecule is CC(NC(=O)c1nn(C)cc1C(=O)O)c1ccc(C(C)(C)C)cc1. The molecule has 0 aliphatic rings. The summed E-state index contributed by atoms with van der Waals surface area (Å²) in [5, 5.41) is 15.9. The Bertz CT molecular complexity index is 755. The maximum Gasteiger partial charge on any atom is 0.339 e. The van der Waals surface area contributed by atoms with Crippen LogP contribution in [0.2, 0.25) is 0 Å². The number of nitrogens with one attached hydrogen (secondary N) is 1. The summed E-state index contributed by atoms with van der Waals surface area (Å²) >= 11 is 0. The number of carbonyl (C=O) groups is 2. The number of rotatable bonds is 4. The van der Waals surface area contributed by atoms with Crippen LogP contribution in [0.4, 0.5) is 0 Å². The molecule has 6 nitrogen and oxygen atoms in total. The van der Waals surface area contributed by atoms with Crippen molar-refractivity contribution in [1.82, 2.24) is 15.1 Å². The van der Waals surface area contributed by atoms with Crippen molar-refractivity contribution < 1.29 is 14.7 Å². The van der Waals surface area contributed by atoms with E-state index >= 15 is 0 Å². The molecule has 0 aliphatic carbocycles. The minimum atomic E-state index is -1.17. The Kier molecular flexibility index (Phi) is 4.78. The number of amides is 1. The largest absolute Gasteiger partial charge is 0.478 e. The molecule has 0 radical (unpaired) electrons. The number of carbonyl (C=O) groups excluding carboxylic acids is 1. The second-order valence-electron chi connectivity index (χ2n) is 6.94. The van der Waals surface area contributed by atoms with Crippen LogP contribution in [0.1, 0.15) is 65.7 Å². The summed E-state index contributed by atoms with van der Waals surface area (Å²) in [5.74, 6) is -1.67. The highest BCUT2D eigenvalue weighted by molar-refractivity contribution is 6.03. The quantitative estimate of drug-likeness (QED) is 0.903. The van der Waals surface area contributed by atoms with Gasteiger partial charge < -0.3 is 10.4 Å². The lowest BCUT2D eigenvalue weighted by molar-refractivity contribution is 0.0690. The van der Waals surface area contributed by atoms with Crippen molar-refractivity contribution in [2.45, 2.75) is 39.2 Å². The lowest BCUT2D eigenvalue weighted by atomic mass is 9.86. The van der Waals surface area contributed by atoms with Crippen molar-refractivity contribution in [2.24, 2.45) is 7.05 Å². The first kappa shape index (κ1) is 17.7. The van der Waals surface area contributed by atoms with Gasteiger partial charge in [-0.15, -0.1) is 0 Å². The van der Waals surface area contributed by atoms with Gasteiger partial charge in [-0.1, -0.05) is 45.0 Å². The monoisotopic (exact) mass is 329 g/mol. The van der Waals surface area contributed by atoms with E-state index in [1.165, 1.54) is 16.4 Å². The first-order valence-corrected chi connectivity index (χ1v) is 7.78. The fraction of sp³-hybridized carbons (Fsp3) is 0.389. The lowest BCUT2D eigenvalue weighted by Gasteiger charge is -2.20. The summed E-state index contributed by atoms with van der Waals surface area (Å²) in [6.45, 7) is 8.28. The number of aryl methyl sites for hydroxylation is 1. The third kappa shape index (κ3) is 3.82. The molecule has 1 aromatic carbocycles. The number of hydrogen-bond donors (Lipinski definition) is 2. The van der Waals surface area contributed by atoms with E-state index in [0.29, 0.717) is 0 Å². The van der Waals surface area contributed by atoms with E-state index in [1.54, 1.807) is 7.05 Å². The zero-order valence-electron chi connectivity index (χ0n) is 14.6. The van der Waals surface area contributed by atoms with E-state index in [2.05, 4.69) is 31.2 Å². The first-order chi connectivity index (χ1) is 11.1. The molecule has 0 fully saturated rings. The summed E-state index contributed by atoms with van der Waals surface area (Å²) in [5.41, 5.74) is 2.04. The van der Waals surface area contributed by atoms with Crippen LogP contribution in [0.3, 0.4) is 0 Å². The van der Waals surface area contributed by atoms with Gasteiger partial charge in [0, 0.05) is 13.2 Å². The molecule has 2 aromatic rings. The van der Waals surface area contributed by atoms with Gasteiger partial charge in [0.15, 0.2) is 5.69 Å². The van der Waals surface area contributed by atoms with Gasteiger partial charge in [-0.25, -0.2) is 4.79 Å². The van der Waals surface area contributed by atoms with Crippen LogP contribution in [0.25, 0.3) is 0 Å². The summed E-state index contributed by atoms with van der Waals surface area (Å²) in [7, 11) is 1.58. The molecule has 1 amide bonds. The van der Waals surface area contributed by atoms with E-state index in [1.807, 2.05) is 31.2 Å².